The molecule has 0 aliphatic heterocycles. The Morgan fingerprint density at radius 1 is 1.04 bits per heavy atom. The first-order chi connectivity index (χ1) is 11.4. The summed E-state index contributed by atoms with van der Waals surface area (Å²) in [6, 6.07) is 13.7. The monoisotopic (exact) mass is 325 g/mol. The first-order valence-electron chi connectivity index (χ1n) is 7.40. The number of primary amides is 1. The van der Waals surface area contributed by atoms with Crippen molar-refractivity contribution in [2.45, 2.75) is 13.3 Å². The van der Waals surface area contributed by atoms with Crippen molar-refractivity contribution in [1.82, 2.24) is 0 Å². The van der Waals surface area contributed by atoms with Crippen LogP contribution in [0.1, 0.15) is 22.8 Å². The van der Waals surface area contributed by atoms with Crippen molar-refractivity contribution in [3.8, 4) is 0 Å². The third kappa shape index (κ3) is 4.19. The molecule has 124 valence electrons. The molecular formula is C18H19N3O3. The number of carbonyl (C=O) groups is 3. The van der Waals surface area contributed by atoms with Crippen LogP contribution in [0.2, 0.25) is 0 Å². The largest absolute Gasteiger partial charge is 0.366 e. The number of hydrogen-bond acceptors (Lipinski definition) is 3. The van der Waals surface area contributed by atoms with E-state index in [0.29, 0.717) is 5.69 Å². The van der Waals surface area contributed by atoms with E-state index in [1.807, 2.05) is 0 Å². The van der Waals surface area contributed by atoms with E-state index in [2.05, 4.69) is 5.32 Å². The molecular weight excluding hydrogens is 306 g/mol. The molecule has 2 aromatic carbocycles. The summed E-state index contributed by atoms with van der Waals surface area (Å²) in [7, 11) is 1.69. The molecule has 0 aliphatic carbocycles. The normalized spacial score (nSPS) is 10.1. The van der Waals surface area contributed by atoms with Gasteiger partial charge in [0.05, 0.1) is 17.7 Å². The van der Waals surface area contributed by atoms with Crippen LogP contribution in [-0.2, 0) is 16.0 Å². The summed E-state index contributed by atoms with van der Waals surface area (Å²) in [5, 5.41) is 2.69. The highest BCUT2D eigenvalue weighted by Crippen LogP contribution is 2.17. The first-order valence-corrected chi connectivity index (χ1v) is 7.40. The maximum atomic E-state index is 12.2. The molecule has 0 spiro atoms. The van der Waals surface area contributed by atoms with Crippen molar-refractivity contribution < 1.29 is 14.4 Å². The molecule has 0 radical (unpaired) electrons. The van der Waals surface area contributed by atoms with E-state index in [1.165, 1.54) is 11.8 Å². The zero-order valence-electron chi connectivity index (χ0n) is 13.6. The molecule has 24 heavy (non-hydrogen) atoms. The summed E-state index contributed by atoms with van der Waals surface area (Å²) in [4.78, 5) is 36.4. The fraction of sp³-hybridized carbons (Fsp3) is 0.167. The zero-order valence-corrected chi connectivity index (χ0v) is 13.6. The molecule has 3 N–H and O–H groups in total. The summed E-state index contributed by atoms with van der Waals surface area (Å²) in [5.41, 5.74) is 7.50. The van der Waals surface area contributed by atoms with E-state index in [4.69, 9.17) is 5.73 Å². The molecule has 0 aromatic heterocycles. The highest BCUT2D eigenvalue weighted by atomic mass is 16.2. The van der Waals surface area contributed by atoms with Gasteiger partial charge in [-0.1, -0.05) is 24.3 Å². The van der Waals surface area contributed by atoms with Gasteiger partial charge >= 0.3 is 0 Å². The Labute approximate surface area is 140 Å². The lowest BCUT2D eigenvalue weighted by Gasteiger charge is -2.15. The van der Waals surface area contributed by atoms with Crippen LogP contribution >= 0.6 is 0 Å². The topological polar surface area (TPSA) is 92.5 Å². The number of carbonyl (C=O) groups excluding carboxylic acids is 3. The quantitative estimate of drug-likeness (QED) is 0.880. The molecule has 0 fully saturated rings. The Bertz CT molecular complexity index is 769. The van der Waals surface area contributed by atoms with Gasteiger partial charge in [-0.2, -0.15) is 0 Å². The molecule has 2 aromatic rings. The Morgan fingerprint density at radius 2 is 1.67 bits per heavy atom. The Balaban J connectivity index is 2.05. The number of nitrogens with two attached hydrogens (primary N) is 1. The van der Waals surface area contributed by atoms with Gasteiger partial charge in [-0.3, -0.25) is 14.4 Å². The standard InChI is InChI=1S/C18H19N3O3/c1-12(22)21(2)14-9-7-13(8-10-14)11-17(23)20-16-6-4-3-5-15(16)18(19)24/h3-10H,11H2,1-2H3,(H2,19,24)(H,20,23). The Kier molecular flexibility index (Phi) is 5.31. The lowest BCUT2D eigenvalue weighted by molar-refractivity contribution is -0.116. The fourth-order valence-electron chi connectivity index (χ4n) is 2.21. The van der Waals surface area contributed by atoms with E-state index in [0.717, 1.165) is 11.3 Å². The maximum Gasteiger partial charge on any atom is 0.250 e. The van der Waals surface area contributed by atoms with E-state index >= 15 is 0 Å². The minimum atomic E-state index is -0.595. The van der Waals surface area contributed by atoms with Crippen LogP contribution in [0.4, 0.5) is 11.4 Å². The van der Waals surface area contributed by atoms with Crippen molar-refractivity contribution in [3.05, 3.63) is 59.7 Å². The molecule has 0 bridgehead atoms. The predicted molar refractivity (Wildman–Crippen MR) is 92.8 cm³/mol. The number of rotatable bonds is 5. The second kappa shape index (κ2) is 7.41. The van der Waals surface area contributed by atoms with Gasteiger partial charge in [0.25, 0.3) is 5.91 Å². The van der Waals surface area contributed by atoms with E-state index in [1.54, 1.807) is 55.6 Å². The lowest BCUT2D eigenvalue weighted by atomic mass is 10.1. The van der Waals surface area contributed by atoms with Crippen LogP contribution < -0.4 is 16.0 Å². The third-order valence-electron chi connectivity index (χ3n) is 3.63. The molecule has 6 heteroatoms. The zero-order chi connectivity index (χ0) is 17.7. The molecule has 0 atom stereocenters. The minimum absolute atomic E-state index is 0.0662. The second-order valence-corrected chi connectivity index (χ2v) is 5.38. The summed E-state index contributed by atoms with van der Waals surface area (Å²) in [6.45, 7) is 1.48. The molecule has 3 amide bonds. The summed E-state index contributed by atoms with van der Waals surface area (Å²) in [5.74, 6) is -0.914. The summed E-state index contributed by atoms with van der Waals surface area (Å²) in [6.07, 6.45) is 0.150. The van der Waals surface area contributed by atoms with Gasteiger partial charge in [0.2, 0.25) is 11.8 Å². The molecule has 0 unspecified atom stereocenters. The van der Waals surface area contributed by atoms with Gasteiger partial charge in [-0.15, -0.1) is 0 Å². The lowest BCUT2D eigenvalue weighted by Crippen LogP contribution is -2.22. The van der Waals surface area contributed by atoms with Crippen LogP contribution in [0, 0.1) is 0 Å². The van der Waals surface area contributed by atoms with Crippen LogP contribution in [-0.4, -0.2) is 24.8 Å². The third-order valence-corrected chi connectivity index (χ3v) is 3.63. The fourth-order valence-corrected chi connectivity index (χ4v) is 2.21. The summed E-state index contributed by atoms with van der Waals surface area (Å²) < 4.78 is 0. The summed E-state index contributed by atoms with van der Waals surface area (Å²) >= 11 is 0. The van der Waals surface area contributed by atoms with Crippen LogP contribution in [0.15, 0.2) is 48.5 Å². The molecule has 0 saturated heterocycles. The average molecular weight is 325 g/mol. The number of anilines is 2. The van der Waals surface area contributed by atoms with Gasteiger partial charge in [0, 0.05) is 19.7 Å². The van der Waals surface area contributed by atoms with Crippen LogP contribution in [0.3, 0.4) is 0 Å². The van der Waals surface area contributed by atoms with Crippen molar-refractivity contribution in [2.75, 3.05) is 17.3 Å². The minimum Gasteiger partial charge on any atom is -0.366 e. The smallest absolute Gasteiger partial charge is 0.250 e. The van der Waals surface area contributed by atoms with Crippen LogP contribution in [0.25, 0.3) is 0 Å². The number of hydrogen-bond donors (Lipinski definition) is 2. The first kappa shape index (κ1) is 17.2. The number of benzene rings is 2. The Hall–Kier alpha value is -3.15. The molecule has 0 saturated carbocycles. The molecule has 2 rings (SSSR count). The predicted octanol–water partition coefficient (Wildman–Crippen LogP) is 1.95. The van der Waals surface area contributed by atoms with Crippen LogP contribution in [0.5, 0.6) is 0 Å². The van der Waals surface area contributed by atoms with Crippen molar-refractivity contribution >= 4 is 29.1 Å². The van der Waals surface area contributed by atoms with Gasteiger partial charge in [-0.25, -0.2) is 0 Å². The van der Waals surface area contributed by atoms with Crippen molar-refractivity contribution in [2.24, 2.45) is 5.73 Å². The van der Waals surface area contributed by atoms with E-state index in [-0.39, 0.29) is 23.8 Å². The highest BCUT2D eigenvalue weighted by Gasteiger charge is 2.11. The molecule has 0 aliphatic rings. The number of nitrogens with one attached hydrogen (secondary N) is 1. The maximum absolute atomic E-state index is 12.2. The van der Waals surface area contributed by atoms with Crippen molar-refractivity contribution in [1.29, 1.82) is 0 Å². The second-order valence-electron chi connectivity index (χ2n) is 5.38. The number of amides is 3. The Morgan fingerprint density at radius 3 is 2.25 bits per heavy atom. The highest BCUT2D eigenvalue weighted by molar-refractivity contribution is 6.03. The molecule has 0 heterocycles. The molecule has 6 nitrogen and oxygen atoms in total. The van der Waals surface area contributed by atoms with E-state index in [9.17, 15) is 14.4 Å². The SMILES string of the molecule is CC(=O)N(C)c1ccc(CC(=O)Nc2ccccc2C(N)=O)cc1. The average Bonchev–Trinajstić information content (AvgIpc) is 2.55. The van der Waals surface area contributed by atoms with Gasteiger partial charge in [-0.05, 0) is 29.8 Å². The number of nitrogens with zero attached hydrogens (tertiary/aromatic N) is 1. The van der Waals surface area contributed by atoms with Gasteiger partial charge in [0.1, 0.15) is 0 Å². The number of para-hydroxylation sites is 1. The van der Waals surface area contributed by atoms with Crippen molar-refractivity contribution in [3.63, 3.8) is 0 Å². The van der Waals surface area contributed by atoms with Gasteiger partial charge in [0.15, 0.2) is 0 Å². The van der Waals surface area contributed by atoms with Gasteiger partial charge < -0.3 is 16.0 Å². The van der Waals surface area contributed by atoms with E-state index < -0.39 is 5.91 Å².